The summed E-state index contributed by atoms with van der Waals surface area (Å²) >= 11 is 5.80. The fourth-order valence-electron chi connectivity index (χ4n) is 3.59. The molecule has 0 aliphatic carbocycles. The summed E-state index contributed by atoms with van der Waals surface area (Å²) in [5.41, 5.74) is 0.396. The zero-order valence-electron chi connectivity index (χ0n) is 20.3. The van der Waals surface area contributed by atoms with Gasteiger partial charge in [-0.2, -0.15) is 10.4 Å². The third-order valence-corrected chi connectivity index (χ3v) is 6.97. The second-order valence-corrected chi connectivity index (χ2v) is 10.3. The number of urea groups is 1. The summed E-state index contributed by atoms with van der Waals surface area (Å²) in [6.07, 6.45) is -0.417. The van der Waals surface area contributed by atoms with E-state index in [0.717, 1.165) is 0 Å². The first-order chi connectivity index (χ1) is 19.1. The lowest BCUT2D eigenvalue weighted by molar-refractivity contribution is -0.115. The highest BCUT2D eigenvalue weighted by atomic mass is 35.5. The minimum atomic E-state index is -4.29. The Kier molecular flexibility index (Phi) is 8.13. The van der Waals surface area contributed by atoms with Crippen molar-refractivity contribution in [3.8, 4) is 11.8 Å². The van der Waals surface area contributed by atoms with Crippen LogP contribution in [0.3, 0.4) is 0 Å². The smallest absolute Gasteiger partial charge is 0.335 e. The van der Waals surface area contributed by atoms with Gasteiger partial charge in [0, 0.05) is 10.7 Å². The molecular weight excluding hydrogens is 560 g/mol. The summed E-state index contributed by atoms with van der Waals surface area (Å²) in [7, 11) is -4.29. The van der Waals surface area contributed by atoms with Crippen molar-refractivity contribution in [1.29, 1.82) is 5.26 Å². The summed E-state index contributed by atoms with van der Waals surface area (Å²) < 4.78 is 28.4. The van der Waals surface area contributed by atoms with Crippen molar-refractivity contribution < 1.29 is 27.9 Å². The fourth-order valence-corrected chi connectivity index (χ4v) is 4.62. The SMILES string of the molecule is N#Cc1c(CC(=O)Nc2cccc(C(=O)O)c2)nn(-c2ccccc2)c1NC(=O)NS(=O)(=O)c1ccc(Cl)cc1. The topological polar surface area (TPSA) is 183 Å². The Hall–Kier alpha value is -5.19. The van der Waals surface area contributed by atoms with Crippen LogP contribution in [-0.2, 0) is 21.2 Å². The van der Waals surface area contributed by atoms with Gasteiger partial charge in [0.1, 0.15) is 11.6 Å². The normalized spacial score (nSPS) is 10.8. The summed E-state index contributed by atoms with van der Waals surface area (Å²) in [6, 6.07) is 19.8. The average molecular weight is 579 g/mol. The van der Waals surface area contributed by atoms with E-state index in [2.05, 4.69) is 15.7 Å². The maximum atomic E-state index is 12.8. The molecule has 4 N–H and O–H groups in total. The number of benzene rings is 3. The first-order valence-electron chi connectivity index (χ1n) is 11.4. The number of nitrogens with one attached hydrogen (secondary N) is 3. The molecule has 0 unspecified atom stereocenters. The van der Waals surface area contributed by atoms with Gasteiger partial charge >= 0.3 is 12.0 Å². The van der Waals surface area contributed by atoms with E-state index in [9.17, 15) is 28.1 Å². The predicted octanol–water partition coefficient (Wildman–Crippen LogP) is 3.79. The lowest BCUT2D eigenvalue weighted by Gasteiger charge is -2.11. The Morgan fingerprint density at radius 1 is 0.975 bits per heavy atom. The molecule has 3 aromatic carbocycles. The number of anilines is 2. The molecule has 3 amide bonds. The van der Waals surface area contributed by atoms with Crippen molar-refractivity contribution >= 4 is 51.0 Å². The van der Waals surface area contributed by atoms with Crippen LogP contribution in [0.2, 0.25) is 5.02 Å². The van der Waals surface area contributed by atoms with Crippen molar-refractivity contribution in [2.45, 2.75) is 11.3 Å². The number of halogens is 1. The van der Waals surface area contributed by atoms with Crippen LogP contribution >= 0.6 is 11.6 Å². The summed E-state index contributed by atoms with van der Waals surface area (Å²) in [5.74, 6) is -1.96. The molecule has 0 aliphatic rings. The van der Waals surface area contributed by atoms with E-state index in [0.29, 0.717) is 10.7 Å². The van der Waals surface area contributed by atoms with E-state index in [-0.39, 0.29) is 33.2 Å². The molecule has 1 aromatic heterocycles. The molecule has 0 radical (unpaired) electrons. The summed E-state index contributed by atoms with van der Waals surface area (Å²) in [5, 5.41) is 28.6. The second kappa shape index (κ2) is 11.7. The Balaban J connectivity index is 1.63. The zero-order chi connectivity index (χ0) is 28.9. The summed E-state index contributed by atoms with van der Waals surface area (Å²) in [4.78, 5) is 36.5. The van der Waals surface area contributed by atoms with Crippen LogP contribution in [0.25, 0.3) is 5.69 Å². The molecule has 4 aromatic rings. The van der Waals surface area contributed by atoms with E-state index >= 15 is 0 Å². The molecule has 202 valence electrons. The molecule has 14 heteroatoms. The Bertz CT molecular complexity index is 1750. The molecule has 4 rings (SSSR count). The van der Waals surface area contributed by atoms with Crippen LogP contribution in [0.4, 0.5) is 16.3 Å². The maximum Gasteiger partial charge on any atom is 0.335 e. The second-order valence-electron chi connectivity index (χ2n) is 8.15. The highest BCUT2D eigenvalue weighted by Gasteiger charge is 2.25. The number of nitrogens with zero attached hydrogens (tertiary/aromatic N) is 3. The number of hydrogen-bond acceptors (Lipinski definition) is 7. The number of carbonyl (C=O) groups is 3. The number of nitriles is 1. The molecule has 40 heavy (non-hydrogen) atoms. The van der Waals surface area contributed by atoms with Gasteiger partial charge in [0.05, 0.1) is 28.3 Å². The number of aromatic carboxylic acids is 1. The average Bonchev–Trinajstić information content (AvgIpc) is 3.25. The van der Waals surface area contributed by atoms with E-state index in [4.69, 9.17) is 16.7 Å². The van der Waals surface area contributed by atoms with Gasteiger partial charge in [0.25, 0.3) is 10.0 Å². The van der Waals surface area contributed by atoms with Gasteiger partial charge in [-0.15, -0.1) is 0 Å². The minimum Gasteiger partial charge on any atom is -0.478 e. The van der Waals surface area contributed by atoms with Crippen LogP contribution in [0.1, 0.15) is 21.6 Å². The lowest BCUT2D eigenvalue weighted by Crippen LogP contribution is -2.35. The number of amides is 3. The lowest BCUT2D eigenvalue weighted by atomic mass is 10.1. The first kappa shape index (κ1) is 27.8. The number of para-hydroxylation sites is 1. The van der Waals surface area contributed by atoms with Crippen molar-refractivity contribution in [1.82, 2.24) is 14.5 Å². The highest BCUT2D eigenvalue weighted by molar-refractivity contribution is 7.90. The third-order valence-electron chi connectivity index (χ3n) is 5.37. The Labute approximate surface area is 232 Å². The fraction of sp³-hybridized carbons (Fsp3) is 0.0385. The van der Waals surface area contributed by atoms with Crippen molar-refractivity contribution in [3.63, 3.8) is 0 Å². The van der Waals surface area contributed by atoms with E-state index in [1.807, 2.05) is 10.8 Å². The van der Waals surface area contributed by atoms with Gasteiger partial charge in [-0.25, -0.2) is 27.4 Å². The predicted molar refractivity (Wildman–Crippen MR) is 145 cm³/mol. The molecule has 0 bridgehead atoms. The third kappa shape index (κ3) is 6.44. The van der Waals surface area contributed by atoms with Gasteiger partial charge in [-0.1, -0.05) is 35.9 Å². The van der Waals surface area contributed by atoms with Crippen LogP contribution in [-0.4, -0.2) is 41.2 Å². The number of rotatable bonds is 8. The van der Waals surface area contributed by atoms with Crippen LogP contribution in [0.5, 0.6) is 0 Å². The molecule has 0 saturated carbocycles. The van der Waals surface area contributed by atoms with Gasteiger partial charge in [-0.05, 0) is 54.6 Å². The number of carboxylic acid groups (broad SMARTS) is 1. The van der Waals surface area contributed by atoms with Gasteiger partial charge in [0.15, 0.2) is 5.82 Å². The number of carboxylic acids is 1. The maximum absolute atomic E-state index is 12.8. The van der Waals surface area contributed by atoms with E-state index in [1.165, 1.54) is 53.2 Å². The quantitative estimate of drug-likeness (QED) is 0.243. The number of hydrogen-bond donors (Lipinski definition) is 4. The van der Waals surface area contributed by atoms with Crippen LogP contribution < -0.4 is 15.4 Å². The van der Waals surface area contributed by atoms with Crippen molar-refractivity contribution in [3.05, 3.63) is 101 Å². The van der Waals surface area contributed by atoms with Gasteiger partial charge < -0.3 is 10.4 Å². The molecule has 12 nitrogen and oxygen atoms in total. The molecule has 0 saturated heterocycles. The van der Waals surface area contributed by atoms with E-state index < -0.39 is 34.4 Å². The van der Waals surface area contributed by atoms with E-state index in [1.54, 1.807) is 30.3 Å². The Morgan fingerprint density at radius 3 is 2.33 bits per heavy atom. The molecule has 1 heterocycles. The zero-order valence-corrected chi connectivity index (χ0v) is 21.9. The minimum absolute atomic E-state index is 0.0194. The first-order valence-corrected chi connectivity index (χ1v) is 13.2. The van der Waals surface area contributed by atoms with Crippen molar-refractivity contribution in [2.75, 3.05) is 10.6 Å². The molecule has 0 fully saturated rings. The number of sulfonamides is 1. The monoisotopic (exact) mass is 578 g/mol. The van der Waals surface area contributed by atoms with Crippen LogP contribution in [0.15, 0.2) is 83.8 Å². The number of aromatic nitrogens is 2. The summed E-state index contributed by atoms with van der Waals surface area (Å²) in [6.45, 7) is 0. The van der Waals surface area contributed by atoms with Gasteiger partial charge in [-0.3, -0.25) is 10.1 Å². The molecule has 0 aliphatic heterocycles. The standard InChI is InChI=1S/C26H19ClN6O6S/c27-17-9-11-20(12-10-17)40(38,39)32-26(37)30-24-21(15-28)22(31-33(24)19-7-2-1-3-8-19)14-23(34)29-18-6-4-5-16(13-18)25(35)36/h1-13H,14H2,(H,29,34)(H,35,36)(H2,30,32,37). The highest BCUT2D eigenvalue weighted by Crippen LogP contribution is 2.25. The van der Waals surface area contributed by atoms with Crippen LogP contribution in [0, 0.1) is 11.3 Å². The molecule has 0 atom stereocenters. The largest absolute Gasteiger partial charge is 0.478 e. The molecule has 0 spiro atoms. The molecular formula is C26H19ClN6O6S. The van der Waals surface area contributed by atoms with Gasteiger partial charge in [0.2, 0.25) is 5.91 Å². The number of carbonyl (C=O) groups excluding carboxylic acids is 2. The van der Waals surface area contributed by atoms with Crippen molar-refractivity contribution in [2.24, 2.45) is 0 Å². The Morgan fingerprint density at radius 2 is 1.68 bits per heavy atom.